The summed E-state index contributed by atoms with van der Waals surface area (Å²) in [5.74, 6) is -0.657. The van der Waals surface area contributed by atoms with Gasteiger partial charge in [-0.2, -0.15) is 9.40 Å². The Hall–Kier alpha value is -2.46. The van der Waals surface area contributed by atoms with Gasteiger partial charge in [-0.15, -0.1) is 0 Å². The number of aromatic nitrogens is 2. The Balaban J connectivity index is 1.48. The van der Waals surface area contributed by atoms with Crippen molar-refractivity contribution < 1.29 is 17.6 Å². The molecule has 2 heterocycles. The first-order chi connectivity index (χ1) is 14.8. The number of hydrogen-bond acceptors (Lipinski definition) is 4. The van der Waals surface area contributed by atoms with Crippen LogP contribution in [0.5, 0.6) is 0 Å². The van der Waals surface area contributed by atoms with Crippen LogP contribution in [0.25, 0.3) is 11.3 Å². The quantitative estimate of drug-likeness (QED) is 0.614. The van der Waals surface area contributed by atoms with Crippen LogP contribution >= 0.6 is 23.2 Å². The molecule has 0 unspecified atom stereocenters. The fourth-order valence-electron chi connectivity index (χ4n) is 3.37. The SMILES string of the molecule is O=C(c1cn[nH]c1-c1ccc(F)cc1)N1CCN(S(=O)(=O)c2ccc(Cl)c(Cl)c2)CC1. The minimum atomic E-state index is -3.76. The van der Waals surface area contributed by atoms with Crippen LogP contribution in [-0.2, 0) is 10.0 Å². The summed E-state index contributed by atoms with van der Waals surface area (Å²) < 4.78 is 40.3. The normalized spacial score (nSPS) is 15.3. The van der Waals surface area contributed by atoms with Crippen LogP contribution < -0.4 is 0 Å². The van der Waals surface area contributed by atoms with Gasteiger partial charge in [-0.05, 0) is 42.5 Å². The smallest absolute Gasteiger partial charge is 0.257 e. The van der Waals surface area contributed by atoms with Crippen molar-refractivity contribution >= 4 is 39.1 Å². The average molecular weight is 483 g/mol. The molecule has 0 saturated carbocycles. The highest BCUT2D eigenvalue weighted by molar-refractivity contribution is 7.89. The fourth-order valence-corrected chi connectivity index (χ4v) is 5.18. The van der Waals surface area contributed by atoms with Gasteiger partial charge in [0.25, 0.3) is 5.91 Å². The van der Waals surface area contributed by atoms with E-state index in [0.717, 1.165) is 0 Å². The molecule has 1 aliphatic rings. The number of sulfonamides is 1. The predicted octanol–water partition coefficient (Wildman–Crippen LogP) is 3.67. The van der Waals surface area contributed by atoms with Gasteiger partial charge in [0.15, 0.2) is 0 Å². The van der Waals surface area contributed by atoms with E-state index < -0.39 is 10.0 Å². The Morgan fingerprint density at radius 3 is 2.32 bits per heavy atom. The second-order valence-corrected chi connectivity index (χ2v) is 9.69. The molecule has 4 rings (SSSR count). The van der Waals surface area contributed by atoms with E-state index in [4.69, 9.17) is 23.2 Å². The minimum absolute atomic E-state index is 0.0510. The van der Waals surface area contributed by atoms with Crippen molar-refractivity contribution in [1.82, 2.24) is 19.4 Å². The van der Waals surface area contributed by atoms with E-state index in [1.54, 1.807) is 17.0 Å². The molecular weight excluding hydrogens is 466 g/mol. The lowest BCUT2D eigenvalue weighted by molar-refractivity contribution is 0.0698. The number of rotatable bonds is 4. The van der Waals surface area contributed by atoms with Gasteiger partial charge in [0.05, 0.1) is 32.4 Å². The number of aromatic amines is 1. The van der Waals surface area contributed by atoms with E-state index in [1.165, 1.54) is 40.8 Å². The minimum Gasteiger partial charge on any atom is -0.336 e. The van der Waals surface area contributed by atoms with E-state index in [9.17, 15) is 17.6 Å². The molecule has 0 aliphatic carbocycles. The topological polar surface area (TPSA) is 86.4 Å². The highest BCUT2D eigenvalue weighted by Crippen LogP contribution is 2.28. The first-order valence-electron chi connectivity index (χ1n) is 9.31. The van der Waals surface area contributed by atoms with Crippen LogP contribution in [-0.4, -0.2) is 59.9 Å². The number of halogens is 3. The molecule has 1 aromatic heterocycles. The molecule has 1 aliphatic heterocycles. The summed E-state index contributed by atoms with van der Waals surface area (Å²) in [4.78, 5) is 14.6. The standard InChI is InChI=1S/C20H17Cl2FN4O3S/c21-17-6-5-15(11-18(17)22)31(29,30)27-9-7-26(8-10-27)20(28)16-12-24-25-19(16)13-1-3-14(23)4-2-13/h1-6,11-12H,7-10H2,(H,24,25). The lowest BCUT2D eigenvalue weighted by Gasteiger charge is -2.34. The largest absolute Gasteiger partial charge is 0.336 e. The van der Waals surface area contributed by atoms with Gasteiger partial charge in [-0.3, -0.25) is 9.89 Å². The first kappa shape index (κ1) is 21.8. The molecule has 1 fully saturated rings. The van der Waals surface area contributed by atoms with Crippen molar-refractivity contribution in [3.63, 3.8) is 0 Å². The van der Waals surface area contributed by atoms with Gasteiger partial charge in [-0.1, -0.05) is 23.2 Å². The molecule has 0 radical (unpaired) electrons. The Bertz CT molecular complexity index is 1220. The van der Waals surface area contributed by atoms with Crippen molar-refractivity contribution in [2.24, 2.45) is 0 Å². The van der Waals surface area contributed by atoms with E-state index in [2.05, 4.69) is 10.2 Å². The highest BCUT2D eigenvalue weighted by Gasteiger charge is 2.31. The van der Waals surface area contributed by atoms with Crippen molar-refractivity contribution in [2.45, 2.75) is 4.90 Å². The molecule has 1 saturated heterocycles. The maximum Gasteiger partial charge on any atom is 0.257 e. The molecule has 7 nitrogen and oxygen atoms in total. The molecular formula is C20H17Cl2FN4O3S. The first-order valence-corrected chi connectivity index (χ1v) is 11.5. The van der Waals surface area contributed by atoms with E-state index >= 15 is 0 Å². The molecule has 3 aromatic rings. The van der Waals surface area contributed by atoms with Crippen LogP contribution in [0.1, 0.15) is 10.4 Å². The number of amides is 1. The van der Waals surface area contributed by atoms with Crippen LogP contribution in [0.4, 0.5) is 4.39 Å². The van der Waals surface area contributed by atoms with Crippen molar-refractivity contribution in [3.05, 3.63) is 70.1 Å². The van der Waals surface area contributed by atoms with Crippen molar-refractivity contribution in [2.75, 3.05) is 26.2 Å². The van der Waals surface area contributed by atoms with Gasteiger partial charge in [-0.25, -0.2) is 12.8 Å². The summed E-state index contributed by atoms with van der Waals surface area (Å²) in [5, 5.41) is 7.16. The second kappa shape index (κ2) is 8.58. The molecule has 11 heteroatoms. The maximum absolute atomic E-state index is 13.2. The summed E-state index contributed by atoms with van der Waals surface area (Å²) >= 11 is 11.8. The molecule has 1 amide bonds. The van der Waals surface area contributed by atoms with Gasteiger partial charge in [0.2, 0.25) is 10.0 Å². The number of nitrogens with zero attached hydrogens (tertiary/aromatic N) is 3. The van der Waals surface area contributed by atoms with E-state index in [0.29, 0.717) is 16.8 Å². The fraction of sp³-hybridized carbons (Fsp3) is 0.200. The van der Waals surface area contributed by atoms with Crippen LogP contribution in [0.2, 0.25) is 10.0 Å². The third-order valence-electron chi connectivity index (χ3n) is 5.06. The zero-order valence-corrected chi connectivity index (χ0v) is 18.4. The van der Waals surface area contributed by atoms with Crippen LogP contribution in [0, 0.1) is 5.82 Å². The number of carbonyl (C=O) groups is 1. The summed E-state index contributed by atoms with van der Waals surface area (Å²) in [5.41, 5.74) is 1.45. The van der Waals surface area contributed by atoms with Crippen molar-refractivity contribution in [3.8, 4) is 11.3 Å². The van der Waals surface area contributed by atoms with Gasteiger partial charge in [0.1, 0.15) is 5.82 Å². The van der Waals surface area contributed by atoms with E-state index in [-0.39, 0.29) is 52.8 Å². The van der Waals surface area contributed by atoms with Gasteiger partial charge < -0.3 is 4.90 Å². The number of nitrogens with one attached hydrogen (secondary N) is 1. The number of carbonyl (C=O) groups excluding carboxylic acids is 1. The second-order valence-electron chi connectivity index (χ2n) is 6.94. The monoisotopic (exact) mass is 482 g/mol. The molecule has 162 valence electrons. The van der Waals surface area contributed by atoms with Crippen molar-refractivity contribution in [1.29, 1.82) is 0 Å². The summed E-state index contributed by atoms with van der Waals surface area (Å²) in [6.07, 6.45) is 1.42. The molecule has 1 N–H and O–H groups in total. The number of hydrogen-bond donors (Lipinski definition) is 1. The molecule has 0 spiro atoms. The molecule has 0 atom stereocenters. The van der Waals surface area contributed by atoms with Gasteiger partial charge >= 0.3 is 0 Å². The zero-order valence-electron chi connectivity index (χ0n) is 16.1. The van der Waals surface area contributed by atoms with E-state index in [1.807, 2.05) is 0 Å². The summed E-state index contributed by atoms with van der Waals surface area (Å²) in [7, 11) is -3.76. The van der Waals surface area contributed by atoms with Crippen LogP contribution in [0.15, 0.2) is 53.6 Å². The lowest BCUT2D eigenvalue weighted by Crippen LogP contribution is -2.50. The van der Waals surface area contributed by atoms with Gasteiger partial charge in [0, 0.05) is 31.7 Å². The molecule has 0 bridgehead atoms. The predicted molar refractivity (Wildman–Crippen MR) is 115 cm³/mol. The zero-order chi connectivity index (χ0) is 22.2. The number of piperazine rings is 1. The third kappa shape index (κ3) is 4.31. The Labute approximate surface area is 188 Å². The third-order valence-corrected chi connectivity index (χ3v) is 7.69. The number of H-pyrrole nitrogens is 1. The van der Waals surface area contributed by atoms with Crippen LogP contribution in [0.3, 0.4) is 0 Å². The Morgan fingerprint density at radius 1 is 1.00 bits per heavy atom. The Morgan fingerprint density at radius 2 is 1.68 bits per heavy atom. The summed E-state index contributed by atoms with van der Waals surface area (Å²) in [6, 6.07) is 9.88. The number of benzene rings is 2. The average Bonchev–Trinajstić information content (AvgIpc) is 3.25. The molecule has 2 aromatic carbocycles. The Kier molecular flexibility index (Phi) is 6.02. The lowest BCUT2D eigenvalue weighted by atomic mass is 10.1. The summed E-state index contributed by atoms with van der Waals surface area (Å²) in [6.45, 7) is 0.705. The maximum atomic E-state index is 13.2. The molecule has 31 heavy (non-hydrogen) atoms. The highest BCUT2D eigenvalue weighted by atomic mass is 35.5.